The van der Waals surface area contributed by atoms with Crippen LogP contribution < -0.4 is 5.32 Å². The van der Waals surface area contributed by atoms with E-state index in [0.29, 0.717) is 12.0 Å². The van der Waals surface area contributed by atoms with Crippen molar-refractivity contribution in [3.8, 4) is 0 Å². The standard InChI is InChI=1S/C8H8BrF2N/c9-5-12-4-6-1-2-7(10)8(11)3-6/h1-3,12H,4-5H2. The molecule has 12 heavy (non-hydrogen) atoms. The minimum atomic E-state index is -0.808. The largest absolute Gasteiger partial charge is 0.303 e. The summed E-state index contributed by atoms with van der Waals surface area (Å²) in [6, 6.07) is 3.86. The van der Waals surface area contributed by atoms with Gasteiger partial charge in [0.05, 0.1) is 5.45 Å². The molecule has 0 aliphatic rings. The van der Waals surface area contributed by atoms with Gasteiger partial charge in [0.25, 0.3) is 0 Å². The van der Waals surface area contributed by atoms with Crippen LogP contribution in [0.5, 0.6) is 0 Å². The van der Waals surface area contributed by atoms with Gasteiger partial charge in [-0.3, -0.25) is 0 Å². The highest BCUT2D eigenvalue weighted by atomic mass is 79.9. The predicted molar refractivity (Wildman–Crippen MR) is 47.0 cm³/mol. The summed E-state index contributed by atoms with van der Waals surface area (Å²) in [5, 5.41) is 2.94. The van der Waals surface area contributed by atoms with Crippen molar-refractivity contribution >= 4 is 15.9 Å². The van der Waals surface area contributed by atoms with Gasteiger partial charge in [0.1, 0.15) is 0 Å². The first kappa shape index (κ1) is 9.61. The lowest BCUT2D eigenvalue weighted by molar-refractivity contribution is 0.506. The molecule has 0 heterocycles. The minimum absolute atomic E-state index is 0.530. The van der Waals surface area contributed by atoms with E-state index in [4.69, 9.17) is 0 Å². The third-order valence-corrected chi connectivity index (χ3v) is 1.80. The van der Waals surface area contributed by atoms with Gasteiger partial charge in [0.15, 0.2) is 11.6 Å². The quantitative estimate of drug-likeness (QED) is 0.627. The Morgan fingerprint density at radius 2 is 2.00 bits per heavy atom. The number of nitrogens with one attached hydrogen (secondary N) is 1. The SMILES string of the molecule is Fc1ccc(CNCBr)cc1F. The molecule has 1 aromatic carbocycles. The number of alkyl halides is 1. The van der Waals surface area contributed by atoms with E-state index in [2.05, 4.69) is 21.2 Å². The smallest absolute Gasteiger partial charge is 0.159 e. The summed E-state index contributed by atoms with van der Waals surface area (Å²) >= 11 is 3.16. The molecule has 0 aliphatic carbocycles. The lowest BCUT2D eigenvalue weighted by atomic mass is 10.2. The van der Waals surface area contributed by atoms with Gasteiger partial charge >= 0.3 is 0 Å². The lowest BCUT2D eigenvalue weighted by Crippen LogP contribution is -2.10. The van der Waals surface area contributed by atoms with E-state index in [-0.39, 0.29) is 0 Å². The normalized spacial score (nSPS) is 10.2. The second-order valence-electron chi connectivity index (χ2n) is 2.31. The van der Waals surface area contributed by atoms with Crippen molar-refractivity contribution in [2.75, 3.05) is 5.45 Å². The van der Waals surface area contributed by atoms with E-state index < -0.39 is 11.6 Å². The molecule has 0 unspecified atom stereocenters. The number of benzene rings is 1. The first-order chi connectivity index (χ1) is 5.74. The summed E-state index contributed by atoms with van der Waals surface area (Å²) in [6.45, 7) is 0.530. The number of hydrogen-bond acceptors (Lipinski definition) is 1. The molecule has 0 bridgehead atoms. The molecule has 0 atom stereocenters. The molecule has 0 fully saturated rings. The Morgan fingerprint density at radius 3 is 2.58 bits per heavy atom. The Hall–Kier alpha value is -0.480. The third-order valence-electron chi connectivity index (χ3n) is 1.41. The van der Waals surface area contributed by atoms with Crippen molar-refractivity contribution in [2.45, 2.75) is 6.54 Å². The van der Waals surface area contributed by atoms with Gasteiger partial charge in [0.2, 0.25) is 0 Å². The molecule has 0 saturated heterocycles. The van der Waals surface area contributed by atoms with E-state index in [0.717, 1.165) is 11.6 Å². The summed E-state index contributed by atoms with van der Waals surface area (Å²) < 4.78 is 25.0. The van der Waals surface area contributed by atoms with Crippen molar-refractivity contribution in [3.63, 3.8) is 0 Å². The van der Waals surface area contributed by atoms with E-state index in [9.17, 15) is 8.78 Å². The number of rotatable bonds is 3. The molecule has 1 rings (SSSR count). The average Bonchev–Trinajstić information content (AvgIpc) is 2.07. The molecule has 0 spiro atoms. The maximum Gasteiger partial charge on any atom is 0.159 e. The molecule has 0 saturated carbocycles. The summed E-state index contributed by atoms with van der Waals surface area (Å²) in [6.07, 6.45) is 0. The molecule has 0 aromatic heterocycles. The van der Waals surface area contributed by atoms with Crippen molar-refractivity contribution in [3.05, 3.63) is 35.4 Å². The van der Waals surface area contributed by atoms with E-state index in [1.807, 2.05) is 0 Å². The fourth-order valence-corrected chi connectivity index (χ4v) is 1.04. The topological polar surface area (TPSA) is 12.0 Å². The fourth-order valence-electron chi connectivity index (χ4n) is 0.841. The van der Waals surface area contributed by atoms with Crippen molar-refractivity contribution in [1.29, 1.82) is 0 Å². The zero-order chi connectivity index (χ0) is 8.97. The highest BCUT2D eigenvalue weighted by Gasteiger charge is 2.00. The highest BCUT2D eigenvalue weighted by Crippen LogP contribution is 2.08. The van der Waals surface area contributed by atoms with Gasteiger partial charge < -0.3 is 5.32 Å². The zero-order valence-corrected chi connectivity index (χ0v) is 7.87. The highest BCUT2D eigenvalue weighted by molar-refractivity contribution is 9.09. The summed E-state index contributed by atoms with van der Waals surface area (Å²) in [4.78, 5) is 0. The van der Waals surface area contributed by atoms with Gasteiger partial charge in [-0.25, -0.2) is 8.78 Å². The number of halogens is 3. The van der Waals surface area contributed by atoms with E-state index >= 15 is 0 Å². The van der Waals surface area contributed by atoms with E-state index in [1.54, 1.807) is 6.07 Å². The van der Waals surface area contributed by atoms with Crippen LogP contribution in [-0.2, 0) is 6.54 Å². The summed E-state index contributed by atoms with van der Waals surface area (Å²) in [5.41, 5.74) is 1.36. The summed E-state index contributed by atoms with van der Waals surface area (Å²) in [7, 11) is 0. The first-order valence-corrected chi connectivity index (χ1v) is 4.57. The Morgan fingerprint density at radius 1 is 1.25 bits per heavy atom. The second-order valence-corrected chi connectivity index (χ2v) is 2.87. The van der Waals surface area contributed by atoms with Gasteiger partial charge in [-0.1, -0.05) is 22.0 Å². The molecule has 4 heteroatoms. The first-order valence-electron chi connectivity index (χ1n) is 3.44. The van der Waals surface area contributed by atoms with Crippen LogP contribution in [0.1, 0.15) is 5.56 Å². The van der Waals surface area contributed by atoms with Crippen molar-refractivity contribution in [1.82, 2.24) is 5.32 Å². The van der Waals surface area contributed by atoms with Gasteiger partial charge in [0, 0.05) is 6.54 Å². The molecule has 1 nitrogen and oxygen atoms in total. The van der Waals surface area contributed by atoms with Crippen molar-refractivity contribution in [2.24, 2.45) is 0 Å². The van der Waals surface area contributed by atoms with Gasteiger partial charge in [-0.15, -0.1) is 0 Å². The zero-order valence-electron chi connectivity index (χ0n) is 6.28. The maximum atomic E-state index is 12.6. The van der Waals surface area contributed by atoms with Gasteiger partial charge in [-0.2, -0.15) is 0 Å². The van der Waals surface area contributed by atoms with Crippen LogP contribution in [-0.4, -0.2) is 5.45 Å². The number of hydrogen-bond donors (Lipinski definition) is 1. The minimum Gasteiger partial charge on any atom is -0.303 e. The van der Waals surface area contributed by atoms with Crippen LogP contribution in [0, 0.1) is 11.6 Å². The fraction of sp³-hybridized carbons (Fsp3) is 0.250. The molecule has 0 aliphatic heterocycles. The van der Waals surface area contributed by atoms with Crippen LogP contribution in [0.15, 0.2) is 18.2 Å². The van der Waals surface area contributed by atoms with Gasteiger partial charge in [-0.05, 0) is 17.7 Å². The molecule has 0 amide bonds. The molecular formula is C8H8BrF2N. The Kier molecular flexibility index (Phi) is 3.62. The molecule has 1 aromatic rings. The van der Waals surface area contributed by atoms with Crippen LogP contribution in [0.3, 0.4) is 0 Å². The maximum absolute atomic E-state index is 12.6. The molecule has 1 N–H and O–H groups in total. The predicted octanol–water partition coefficient (Wildman–Crippen LogP) is 2.41. The average molecular weight is 236 g/mol. The Labute approximate surface area is 77.9 Å². The van der Waals surface area contributed by atoms with Crippen LogP contribution in [0.2, 0.25) is 0 Å². The molecular weight excluding hydrogens is 228 g/mol. The van der Waals surface area contributed by atoms with Crippen LogP contribution >= 0.6 is 15.9 Å². The molecule has 66 valence electrons. The summed E-state index contributed by atoms with van der Waals surface area (Å²) in [5.74, 6) is -1.61. The lowest BCUT2D eigenvalue weighted by Gasteiger charge is -2.01. The van der Waals surface area contributed by atoms with Crippen LogP contribution in [0.25, 0.3) is 0 Å². The molecule has 0 radical (unpaired) electrons. The third kappa shape index (κ3) is 2.53. The van der Waals surface area contributed by atoms with Crippen LogP contribution in [0.4, 0.5) is 8.78 Å². The Bertz CT molecular complexity index is 265. The monoisotopic (exact) mass is 235 g/mol. The Balaban J connectivity index is 2.69. The second kappa shape index (κ2) is 4.52. The van der Waals surface area contributed by atoms with Crippen molar-refractivity contribution < 1.29 is 8.78 Å². The van der Waals surface area contributed by atoms with E-state index in [1.165, 1.54) is 6.07 Å².